The summed E-state index contributed by atoms with van der Waals surface area (Å²) in [5, 5.41) is 0. The number of hydrogen-bond donors (Lipinski definition) is 1. The quantitative estimate of drug-likeness (QED) is 0.899. The van der Waals surface area contributed by atoms with Gasteiger partial charge in [0.25, 0.3) is 0 Å². The summed E-state index contributed by atoms with van der Waals surface area (Å²) < 4.78 is 0. The van der Waals surface area contributed by atoms with E-state index in [-0.39, 0.29) is 0 Å². The van der Waals surface area contributed by atoms with E-state index in [0.717, 1.165) is 12.6 Å². The van der Waals surface area contributed by atoms with Gasteiger partial charge in [-0.2, -0.15) is 0 Å². The number of piperidine rings is 1. The smallest absolute Gasteiger partial charge is 0.123 e. The molecule has 2 fully saturated rings. The van der Waals surface area contributed by atoms with Gasteiger partial charge in [-0.15, -0.1) is 0 Å². The van der Waals surface area contributed by atoms with Gasteiger partial charge in [-0.3, -0.25) is 9.80 Å². The third-order valence-electron chi connectivity index (χ3n) is 4.41. The van der Waals surface area contributed by atoms with E-state index < -0.39 is 0 Å². The topological polar surface area (TPSA) is 45.4 Å². The van der Waals surface area contributed by atoms with Gasteiger partial charge in [0.15, 0.2) is 0 Å². The molecule has 1 aromatic heterocycles. The molecule has 0 aliphatic carbocycles. The van der Waals surface area contributed by atoms with Gasteiger partial charge in [0, 0.05) is 31.9 Å². The summed E-state index contributed by atoms with van der Waals surface area (Å²) in [7, 11) is 0. The highest BCUT2D eigenvalue weighted by atomic mass is 15.3. The van der Waals surface area contributed by atoms with Crippen LogP contribution in [-0.4, -0.2) is 47.0 Å². The van der Waals surface area contributed by atoms with E-state index >= 15 is 0 Å². The number of nitrogen functional groups attached to an aromatic ring is 1. The highest BCUT2D eigenvalue weighted by Crippen LogP contribution is 2.21. The van der Waals surface area contributed by atoms with Crippen molar-refractivity contribution < 1.29 is 0 Å². The molecule has 19 heavy (non-hydrogen) atoms. The van der Waals surface area contributed by atoms with Gasteiger partial charge in [0.1, 0.15) is 5.82 Å². The van der Waals surface area contributed by atoms with E-state index in [2.05, 4.69) is 20.9 Å². The molecule has 4 heteroatoms. The van der Waals surface area contributed by atoms with Crippen molar-refractivity contribution in [2.45, 2.75) is 38.3 Å². The summed E-state index contributed by atoms with van der Waals surface area (Å²) in [6.45, 7) is 6.05. The van der Waals surface area contributed by atoms with Crippen LogP contribution in [0.1, 0.15) is 31.2 Å². The monoisotopic (exact) mass is 260 g/mol. The Hall–Kier alpha value is -1.13. The molecule has 2 aliphatic heterocycles. The third kappa shape index (κ3) is 3.25. The van der Waals surface area contributed by atoms with Crippen LogP contribution in [0.3, 0.4) is 0 Å². The molecular formula is C15H24N4. The highest BCUT2D eigenvalue weighted by molar-refractivity contribution is 5.31. The van der Waals surface area contributed by atoms with E-state index in [9.17, 15) is 0 Å². The maximum Gasteiger partial charge on any atom is 0.123 e. The van der Waals surface area contributed by atoms with Crippen LogP contribution in [0.15, 0.2) is 18.3 Å². The first-order valence-electron chi connectivity index (χ1n) is 7.48. The minimum atomic E-state index is 0.629. The Morgan fingerprint density at radius 3 is 2.84 bits per heavy atom. The summed E-state index contributed by atoms with van der Waals surface area (Å²) in [5.41, 5.74) is 7.02. The molecule has 4 nitrogen and oxygen atoms in total. The van der Waals surface area contributed by atoms with E-state index in [1.165, 1.54) is 57.4 Å². The lowest BCUT2D eigenvalue weighted by atomic mass is 10.1. The van der Waals surface area contributed by atoms with Gasteiger partial charge >= 0.3 is 0 Å². The number of anilines is 1. The number of aromatic nitrogens is 1. The molecule has 1 atom stereocenters. The Morgan fingerprint density at radius 1 is 1.21 bits per heavy atom. The van der Waals surface area contributed by atoms with Crippen LogP contribution in [-0.2, 0) is 6.54 Å². The van der Waals surface area contributed by atoms with Crippen LogP contribution >= 0.6 is 0 Å². The molecule has 0 spiro atoms. The molecule has 0 bridgehead atoms. The van der Waals surface area contributed by atoms with E-state index in [1.54, 1.807) is 0 Å². The zero-order chi connectivity index (χ0) is 13.1. The summed E-state index contributed by atoms with van der Waals surface area (Å²) in [6, 6.07) is 4.85. The molecule has 3 rings (SSSR count). The molecule has 1 unspecified atom stereocenters. The molecular weight excluding hydrogens is 236 g/mol. The maximum atomic E-state index is 5.74. The van der Waals surface area contributed by atoms with Crippen molar-refractivity contribution in [1.82, 2.24) is 14.8 Å². The van der Waals surface area contributed by atoms with Crippen molar-refractivity contribution in [3.8, 4) is 0 Å². The van der Waals surface area contributed by atoms with E-state index in [4.69, 9.17) is 5.73 Å². The number of hydrogen-bond acceptors (Lipinski definition) is 4. The molecule has 104 valence electrons. The molecule has 0 amide bonds. The van der Waals surface area contributed by atoms with Gasteiger partial charge in [-0.25, -0.2) is 4.98 Å². The minimum Gasteiger partial charge on any atom is -0.384 e. The largest absolute Gasteiger partial charge is 0.384 e. The van der Waals surface area contributed by atoms with Crippen LogP contribution in [0, 0.1) is 0 Å². The maximum absolute atomic E-state index is 5.74. The summed E-state index contributed by atoms with van der Waals surface area (Å²) in [4.78, 5) is 9.30. The lowest BCUT2D eigenvalue weighted by Crippen LogP contribution is -2.40. The van der Waals surface area contributed by atoms with Crippen LogP contribution in [0.5, 0.6) is 0 Å². The Morgan fingerprint density at radius 2 is 2.05 bits per heavy atom. The average molecular weight is 260 g/mol. The number of rotatable bonds is 3. The second-order valence-electron chi connectivity index (χ2n) is 5.86. The Labute approximate surface area is 115 Å². The summed E-state index contributed by atoms with van der Waals surface area (Å²) in [5.74, 6) is 0.629. The van der Waals surface area contributed by atoms with Crippen molar-refractivity contribution in [2.24, 2.45) is 0 Å². The number of likely N-dealkylation sites (tertiary alicyclic amines) is 2. The van der Waals surface area contributed by atoms with Crippen molar-refractivity contribution >= 4 is 5.82 Å². The first-order chi connectivity index (χ1) is 9.31. The van der Waals surface area contributed by atoms with Gasteiger partial charge in [0.2, 0.25) is 0 Å². The third-order valence-corrected chi connectivity index (χ3v) is 4.41. The first kappa shape index (κ1) is 12.9. The predicted octanol–water partition coefficient (Wildman–Crippen LogP) is 1.72. The lowest BCUT2D eigenvalue weighted by Gasteiger charge is -2.32. The summed E-state index contributed by atoms with van der Waals surface area (Å²) >= 11 is 0. The van der Waals surface area contributed by atoms with Gasteiger partial charge in [-0.05, 0) is 50.0 Å². The van der Waals surface area contributed by atoms with Crippen molar-refractivity contribution in [3.63, 3.8) is 0 Å². The Kier molecular flexibility index (Phi) is 3.99. The molecule has 2 aliphatic rings. The van der Waals surface area contributed by atoms with Crippen LogP contribution in [0.2, 0.25) is 0 Å². The SMILES string of the molecule is Nc1cc(CN2CCC(N3CCCCC3)C2)ccn1. The van der Waals surface area contributed by atoms with Crippen LogP contribution in [0.4, 0.5) is 5.82 Å². The predicted molar refractivity (Wildman–Crippen MR) is 77.8 cm³/mol. The summed E-state index contributed by atoms with van der Waals surface area (Å²) in [6.07, 6.45) is 7.32. The van der Waals surface area contributed by atoms with E-state index in [1.807, 2.05) is 12.3 Å². The zero-order valence-electron chi connectivity index (χ0n) is 11.6. The lowest BCUT2D eigenvalue weighted by molar-refractivity contribution is 0.161. The normalized spacial score (nSPS) is 25.8. The van der Waals surface area contributed by atoms with Gasteiger partial charge < -0.3 is 5.73 Å². The van der Waals surface area contributed by atoms with Crippen molar-refractivity contribution in [2.75, 3.05) is 31.9 Å². The van der Waals surface area contributed by atoms with Crippen molar-refractivity contribution in [1.29, 1.82) is 0 Å². The van der Waals surface area contributed by atoms with Gasteiger partial charge in [0.05, 0.1) is 0 Å². The minimum absolute atomic E-state index is 0.629. The number of nitrogens with zero attached hydrogens (tertiary/aromatic N) is 3. The fourth-order valence-corrected chi connectivity index (χ4v) is 3.39. The van der Waals surface area contributed by atoms with E-state index in [0.29, 0.717) is 5.82 Å². The molecule has 0 saturated carbocycles. The van der Waals surface area contributed by atoms with Crippen LogP contribution < -0.4 is 5.73 Å². The second kappa shape index (κ2) is 5.88. The molecule has 2 saturated heterocycles. The van der Waals surface area contributed by atoms with Crippen LogP contribution in [0.25, 0.3) is 0 Å². The first-order valence-corrected chi connectivity index (χ1v) is 7.48. The molecule has 1 aromatic rings. The standard InChI is InChI=1S/C15H24N4/c16-15-10-13(4-6-17-15)11-18-9-5-14(12-18)19-7-2-1-3-8-19/h4,6,10,14H,1-3,5,7-9,11-12H2,(H2,16,17). The number of pyridine rings is 1. The Balaban J connectivity index is 1.54. The molecule has 0 radical (unpaired) electrons. The fraction of sp³-hybridized carbons (Fsp3) is 0.667. The molecule has 2 N–H and O–H groups in total. The zero-order valence-corrected chi connectivity index (χ0v) is 11.6. The number of nitrogens with two attached hydrogens (primary N) is 1. The molecule has 3 heterocycles. The fourth-order valence-electron chi connectivity index (χ4n) is 3.39. The average Bonchev–Trinajstić information content (AvgIpc) is 2.88. The Bertz CT molecular complexity index is 414. The highest BCUT2D eigenvalue weighted by Gasteiger charge is 2.28. The molecule has 0 aromatic carbocycles. The second-order valence-corrected chi connectivity index (χ2v) is 5.86. The van der Waals surface area contributed by atoms with Crippen molar-refractivity contribution in [3.05, 3.63) is 23.9 Å². The van der Waals surface area contributed by atoms with Gasteiger partial charge in [-0.1, -0.05) is 6.42 Å².